The Hall–Kier alpha value is -1.33. The maximum absolute atomic E-state index is 11.0. The normalized spacial score (nSPS) is 10.4. The molecular weight excluding hydrogens is 286 g/mol. The Balaban J connectivity index is 3.11. The highest BCUT2D eigenvalue weighted by Gasteiger charge is 2.05. The highest BCUT2D eigenvalue weighted by Crippen LogP contribution is 2.11. The molecule has 0 aromatic rings. The van der Waals surface area contributed by atoms with E-state index in [1.54, 1.807) is 0 Å². The predicted octanol–water partition coefficient (Wildman–Crippen LogP) is 4.44. The van der Waals surface area contributed by atoms with E-state index in [2.05, 4.69) is 11.8 Å². The van der Waals surface area contributed by atoms with Crippen LogP contribution in [0.4, 0.5) is 0 Å². The van der Waals surface area contributed by atoms with Gasteiger partial charge in [0.15, 0.2) is 6.61 Å². The summed E-state index contributed by atoms with van der Waals surface area (Å²) in [5.74, 6) is -0.681. The minimum absolute atomic E-state index is 0.317. The summed E-state index contributed by atoms with van der Waals surface area (Å²) in [5.41, 5.74) is 0. The molecule has 0 saturated heterocycles. The van der Waals surface area contributed by atoms with Gasteiger partial charge in [-0.1, -0.05) is 77.6 Å². The van der Waals surface area contributed by atoms with E-state index < -0.39 is 17.7 Å². The third-order valence-electron chi connectivity index (χ3n) is 3.55. The van der Waals surface area contributed by atoms with Gasteiger partial charge in [-0.15, -0.1) is 10.1 Å². The molecule has 0 heterocycles. The van der Waals surface area contributed by atoms with Gasteiger partial charge in [0.05, 0.1) is 6.61 Å². The van der Waals surface area contributed by atoms with Gasteiger partial charge >= 0.3 is 5.97 Å². The van der Waals surface area contributed by atoms with Crippen molar-refractivity contribution in [3.63, 3.8) is 0 Å². The summed E-state index contributed by atoms with van der Waals surface area (Å²) in [5, 5.41) is 8.87. The van der Waals surface area contributed by atoms with Crippen LogP contribution in [0, 0.1) is 10.1 Å². The van der Waals surface area contributed by atoms with E-state index in [1.807, 2.05) is 0 Å². The van der Waals surface area contributed by atoms with E-state index in [4.69, 9.17) is 4.74 Å². The molecule has 0 aliphatic carbocycles. The second-order valence-electron chi connectivity index (χ2n) is 5.61. The van der Waals surface area contributed by atoms with Crippen molar-refractivity contribution in [2.45, 2.75) is 84.0 Å². The van der Waals surface area contributed by atoms with Crippen molar-refractivity contribution in [2.75, 3.05) is 13.2 Å². The third kappa shape index (κ3) is 16.7. The van der Waals surface area contributed by atoms with Crippen LogP contribution in [-0.2, 0) is 14.4 Å². The van der Waals surface area contributed by atoms with Crippen LogP contribution < -0.4 is 0 Å². The fraction of sp³-hybridized carbons (Fsp3) is 0.938. The number of nitrogens with zero attached hydrogens (tertiary/aromatic N) is 1. The number of unbranched alkanes of at least 4 members (excludes halogenated alkanes) is 11. The Bertz CT molecular complexity index is 284. The fourth-order valence-corrected chi connectivity index (χ4v) is 2.28. The number of rotatable bonds is 16. The van der Waals surface area contributed by atoms with Crippen molar-refractivity contribution in [3.8, 4) is 0 Å². The number of esters is 1. The smallest absolute Gasteiger partial charge is 0.332 e. The maximum atomic E-state index is 11.0. The second-order valence-corrected chi connectivity index (χ2v) is 5.61. The Morgan fingerprint density at radius 1 is 0.864 bits per heavy atom. The number of carbonyl (C=O) groups excluding carboxylic acids is 1. The lowest BCUT2D eigenvalue weighted by Crippen LogP contribution is -2.15. The molecule has 0 aliphatic heterocycles. The standard InChI is InChI=1S/C16H31NO5/c1-2-3-4-5-6-7-8-9-10-11-12-13-14-21-16(18)15-22-17(19)20/h2-15H2,1H3. The Kier molecular flexibility index (Phi) is 15.1. The number of hydrogen-bond donors (Lipinski definition) is 0. The minimum atomic E-state index is -0.995. The molecule has 0 aromatic heterocycles. The van der Waals surface area contributed by atoms with Crippen molar-refractivity contribution < 1.29 is 19.5 Å². The summed E-state index contributed by atoms with van der Waals surface area (Å²) < 4.78 is 4.82. The summed E-state index contributed by atoms with van der Waals surface area (Å²) in [6.07, 6.45) is 14.9. The molecule has 0 fully saturated rings. The van der Waals surface area contributed by atoms with Crippen LogP contribution in [0.5, 0.6) is 0 Å². The molecule has 0 radical (unpaired) electrons. The monoisotopic (exact) mass is 317 g/mol. The zero-order chi connectivity index (χ0) is 16.5. The zero-order valence-corrected chi connectivity index (χ0v) is 13.9. The minimum Gasteiger partial charge on any atom is -0.464 e. The Morgan fingerprint density at radius 2 is 1.32 bits per heavy atom. The van der Waals surface area contributed by atoms with E-state index in [0.29, 0.717) is 6.61 Å². The van der Waals surface area contributed by atoms with Crippen molar-refractivity contribution in [2.24, 2.45) is 0 Å². The average Bonchev–Trinajstić information content (AvgIpc) is 2.49. The van der Waals surface area contributed by atoms with Crippen LogP contribution in [0.25, 0.3) is 0 Å². The van der Waals surface area contributed by atoms with Crippen molar-refractivity contribution >= 4 is 5.97 Å². The van der Waals surface area contributed by atoms with Crippen LogP contribution >= 0.6 is 0 Å². The lowest BCUT2D eigenvalue weighted by molar-refractivity contribution is -0.754. The molecule has 0 bridgehead atoms. The van der Waals surface area contributed by atoms with Gasteiger partial charge in [-0.2, -0.15) is 0 Å². The first kappa shape index (κ1) is 20.7. The van der Waals surface area contributed by atoms with Gasteiger partial charge in [0, 0.05) is 0 Å². The summed E-state index contributed by atoms with van der Waals surface area (Å²) in [4.78, 5) is 24.8. The largest absolute Gasteiger partial charge is 0.464 e. The zero-order valence-electron chi connectivity index (χ0n) is 13.9. The Labute approximate surface area is 133 Å². The van der Waals surface area contributed by atoms with Crippen LogP contribution in [0.2, 0.25) is 0 Å². The van der Waals surface area contributed by atoms with Gasteiger partial charge in [-0.25, -0.2) is 4.79 Å². The number of ether oxygens (including phenoxy) is 1. The molecule has 0 atom stereocenters. The van der Waals surface area contributed by atoms with Crippen LogP contribution in [0.3, 0.4) is 0 Å². The molecule has 0 amide bonds. The van der Waals surface area contributed by atoms with E-state index in [0.717, 1.165) is 19.3 Å². The molecule has 6 heteroatoms. The molecule has 22 heavy (non-hydrogen) atoms. The summed E-state index contributed by atoms with van der Waals surface area (Å²) in [6, 6.07) is 0. The quantitative estimate of drug-likeness (QED) is 0.182. The molecular formula is C16H31NO5. The SMILES string of the molecule is CCCCCCCCCCCCCCOC(=O)CO[N+](=O)[O-]. The van der Waals surface area contributed by atoms with Gasteiger partial charge in [-0.05, 0) is 6.42 Å². The lowest BCUT2D eigenvalue weighted by atomic mass is 10.1. The first-order chi connectivity index (χ1) is 10.7. The first-order valence-electron chi connectivity index (χ1n) is 8.59. The molecule has 0 saturated carbocycles. The molecule has 130 valence electrons. The summed E-state index contributed by atoms with van der Waals surface area (Å²) >= 11 is 0. The molecule has 0 unspecified atom stereocenters. The van der Waals surface area contributed by atoms with Crippen LogP contribution in [0.15, 0.2) is 0 Å². The van der Waals surface area contributed by atoms with Crippen molar-refractivity contribution in [1.82, 2.24) is 0 Å². The van der Waals surface area contributed by atoms with E-state index in [1.165, 1.54) is 57.8 Å². The lowest BCUT2D eigenvalue weighted by Gasteiger charge is -2.04. The Morgan fingerprint density at radius 3 is 1.77 bits per heavy atom. The second kappa shape index (κ2) is 16.0. The topological polar surface area (TPSA) is 78.7 Å². The highest BCUT2D eigenvalue weighted by atomic mass is 17.0. The molecule has 0 spiro atoms. The molecule has 0 N–H and O–H groups in total. The van der Waals surface area contributed by atoms with Gasteiger partial charge in [-0.3, -0.25) is 0 Å². The molecule has 0 aliphatic rings. The van der Waals surface area contributed by atoms with Gasteiger partial charge < -0.3 is 9.57 Å². The molecule has 6 nitrogen and oxygen atoms in total. The summed E-state index contributed by atoms with van der Waals surface area (Å²) in [7, 11) is 0. The number of carbonyl (C=O) groups is 1. The van der Waals surface area contributed by atoms with Gasteiger partial charge in [0.1, 0.15) is 0 Å². The average molecular weight is 317 g/mol. The van der Waals surface area contributed by atoms with Crippen molar-refractivity contribution in [3.05, 3.63) is 10.1 Å². The molecule has 0 rings (SSSR count). The third-order valence-corrected chi connectivity index (χ3v) is 3.55. The first-order valence-corrected chi connectivity index (χ1v) is 8.59. The van der Waals surface area contributed by atoms with Crippen LogP contribution in [0.1, 0.15) is 84.0 Å². The van der Waals surface area contributed by atoms with Gasteiger partial charge in [0.25, 0.3) is 5.09 Å². The van der Waals surface area contributed by atoms with Gasteiger partial charge in [0.2, 0.25) is 0 Å². The fourth-order valence-electron chi connectivity index (χ4n) is 2.28. The van der Waals surface area contributed by atoms with E-state index >= 15 is 0 Å². The van der Waals surface area contributed by atoms with E-state index in [9.17, 15) is 14.9 Å². The number of hydrogen-bond acceptors (Lipinski definition) is 5. The maximum Gasteiger partial charge on any atom is 0.332 e. The van der Waals surface area contributed by atoms with Crippen LogP contribution in [-0.4, -0.2) is 24.3 Å². The molecule has 0 aromatic carbocycles. The predicted molar refractivity (Wildman–Crippen MR) is 85.0 cm³/mol. The summed E-state index contributed by atoms with van der Waals surface area (Å²) in [6.45, 7) is 1.93. The highest BCUT2D eigenvalue weighted by molar-refractivity contribution is 5.70. The van der Waals surface area contributed by atoms with E-state index in [-0.39, 0.29) is 0 Å². The van der Waals surface area contributed by atoms with Crippen molar-refractivity contribution in [1.29, 1.82) is 0 Å².